The second kappa shape index (κ2) is 7.17. The Bertz CT molecular complexity index is 438. The molecule has 0 saturated carbocycles. The topological polar surface area (TPSA) is 135 Å². The number of aromatic nitrogens is 1. The van der Waals surface area contributed by atoms with E-state index in [0.717, 1.165) is 0 Å². The van der Waals surface area contributed by atoms with Crippen molar-refractivity contribution in [2.45, 2.75) is 6.41 Å². The van der Waals surface area contributed by atoms with Gasteiger partial charge in [0.25, 0.3) is 5.91 Å². The van der Waals surface area contributed by atoms with Crippen LogP contribution < -0.4 is 5.32 Å². The van der Waals surface area contributed by atoms with E-state index in [4.69, 9.17) is 9.79 Å². The summed E-state index contributed by atoms with van der Waals surface area (Å²) in [6.45, 7) is 0. The van der Waals surface area contributed by atoms with Gasteiger partial charge in [0.1, 0.15) is 5.69 Å². The first-order valence-corrected chi connectivity index (χ1v) is 6.63. The van der Waals surface area contributed by atoms with Crippen molar-refractivity contribution in [2.24, 2.45) is 0 Å². The van der Waals surface area contributed by atoms with Crippen LogP contribution in [0.2, 0.25) is 0 Å². The fourth-order valence-electron chi connectivity index (χ4n) is 0.914. The van der Waals surface area contributed by atoms with E-state index >= 15 is 0 Å². The van der Waals surface area contributed by atoms with Crippen LogP contribution >= 0.6 is 16.5 Å². The van der Waals surface area contributed by atoms with Crippen molar-refractivity contribution < 1.29 is 32.8 Å². The molecule has 1 heterocycles. The van der Waals surface area contributed by atoms with Gasteiger partial charge in [0, 0.05) is 15.3 Å². The number of hydrogen-bond acceptors (Lipinski definition) is 6. The molecule has 1 aromatic heterocycles. The first kappa shape index (κ1) is 14.7. The van der Waals surface area contributed by atoms with Gasteiger partial charge in [0.2, 0.25) is 0 Å². The molecule has 96 valence electrons. The van der Waals surface area contributed by atoms with Gasteiger partial charge in [0.15, 0.2) is 0 Å². The fourth-order valence-corrected chi connectivity index (χ4v) is 1.50. The summed E-state index contributed by atoms with van der Waals surface area (Å²) in [4.78, 5) is 32.2. The molecule has 0 fully saturated rings. The quantitative estimate of drug-likeness (QED) is 0.507. The number of hydrogen-bond donors (Lipinski definition) is 3. The molecule has 0 aliphatic carbocycles. The summed E-state index contributed by atoms with van der Waals surface area (Å²) in [6.07, 6.45) is -0.480. The Labute approximate surface area is 103 Å². The molecule has 3 N–H and O–H groups in total. The molecule has 0 saturated heterocycles. The van der Waals surface area contributed by atoms with Crippen LogP contribution in [0.4, 0.5) is 0 Å². The summed E-state index contributed by atoms with van der Waals surface area (Å²) in [5.41, 5.74) is -0.0176. The minimum Gasteiger partial charge on any atom is -0.295 e. The summed E-state index contributed by atoms with van der Waals surface area (Å²) in [5, 5.41) is 1.96. The molecule has 0 aromatic carbocycles. The van der Waals surface area contributed by atoms with Crippen molar-refractivity contribution in [1.82, 2.24) is 10.3 Å². The molecular weight excluding hydrogens is 286 g/mol. The molecular formula is C7H8N2O7P2+2. The highest BCUT2D eigenvalue weighted by Crippen LogP contribution is 2.24. The zero-order valence-electron chi connectivity index (χ0n) is 8.66. The number of carbonyl (C=O) groups excluding carboxylic acids is 1. The van der Waals surface area contributed by atoms with Gasteiger partial charge in [-0.05, 0) is 12.1 Å². The Hall–Kier alpha value is -1.34. The molecule has 18 heavy (non-hydrogen) atoms. The van der Waals surface area contributed by atoms with Gasteiger partial charge in [-0.25, -0.2) is 0 Å². The second-order valence-corrected chi connectivity index (χ2v) is 4.08. The van der Waals surface area contributed by atoms with Crippen LogP contribution in [0.5, 0.6) is 0 Å². The molecule has 1 aromatic rings. The van der Waals surface area contributed by atoms with E-state index in [1.54, 1.807) is 6.07 Å². The molecule has 0 spiro atoms. The lowest BCUT2D eigenvalue weighted by Gasteiger charge is -2.05. The van der Waals surface area contributed by atoms with Gasteiger partial charge < -0.3 is 0 Å². The average molecular weight is 294 g/mol. The van der Waals surface area contributed by atoms with Gasteiger partial charge in [-0.2, -0.15) is 0 Å². The maximum atomic E-state index is 11.5. The van der Waals surface area contributed by atoms with E-state index in [1.807, 2.05) is 5.32 Å². The van der Waals surface area contributed by atoms with Gasteiger partial charge >= 0.3 is 22.9 Å². The van der Waals surface area contributed by atoms with Crippen LogP contribution in [0.25, 0.3) is 0 Å². The van der Waals surface area contributed by atoms with Crippen LogP contribution in [-0.4, -0.2) is 27.1 Å². The highest BCUT2D eigenvalue weighted by Gasteiger charge is 2.34. The summed E-state index contributed by atoms with van der Waals surface area (Å²) in [7, 11) is -6.24. The van der Waals surface area contributed by atoms with Crippen molar-refractivity contribution in [3.8, 4) is 0 Å². The van der Waals surface area contributed by atoms with Crippen molar-refractivity contribution in [3.05, 3.63) is 30.1 Å². The summed E-state index contributed by atoms with van der Waals surface area (Å²) in [6, 6.07) is 4.48. The highest BCUT2D eigenvalue weighted by atomic mass is 31.1. The summed E-state index contributed by atoms with van der Waals surface area (Å²) < 4.78 is 29.2. The van der Waals surface area contributed by atoms with Crippen LogP contribution in [0.3, 0.4) is 0 Å². The number of pyridine rings is 1. The Morgan fingerprint density at radius 3 is 2.33 bits per heavy atom. The van der Waals surface area contributed by atoms with Crippen LogP contribution in [-0.2, 0) is 18.2 Å². The lowest BCUT2D eigenvalue weighted by Crippen LogP contribution is -2.36. The summed E-state index contributed by atoms with van der Waals surface area (Å²) in [5.74, 6) is -0.797. The van der Waals surface area contributed by atoms with E-state index in [1.165, 1.54) is 18.3 Å². The van der Waals surface area contributed by atoms with Gasteiger partial charge in [-0.1, -0.05) is 15.1 Å². The Morgan fingerprint density at radius 1 is 1.28 bits per heavy atom. The van der Waals surface area contributed by atoms with Crippen LogP contribution in [0.15, 0.2) is 24.4 Å². The molecule has 1 rings (SSSR count). The fraction of sp³-hybridized carbons (Fsp3) is 0.143. The number of carbonyl (C=O) groups is 1. The first-order chi connectivity index (χ1) is 8.49. The lowest BCUT2D eigenvalue weighted by atomic mass is 10.3. The maximum absolute atomic E-state index is 11.5. The molecule has 9 nitrogen and oxygen atoms in total. The Balaban J connectivity index is 2.68. The SMILES string of the molecule is O=C(NC(O[P+](=O)O)O[P+](=O)O)c1ccccn1. The molecule has 1 amide bonds. The predicted octanol–water partition coefficient (Wildman–Crippen LogP) is 0.428. The number of rotatable bonds is 6. The second-order valence-electron chi connectivity index (χ2n) is 2.71. The normalized spacial score (nSPS) is 13.7. The molecule has 2 atom stereocenters. The smallest absolute Gasteiger partial charge is 0.295 e. The largest absolute Gasteiger partial charge is 0.699 e. The van der Waals surface area contributed by atoms with Crippen molar-refractivity contribution in [2.75, 3.05) is 0 Å². The Morgan fingerprint density at radius 2 is 1.89 bits per heavy atom. The van der Waals surface area contributed by atoms with E-state index in [-0.39, 0.29) is 5.69 Å². The third-order valence-electron chi connectivity index (χ3n) is 1.52. The van der Waals surface area contributed by atoms with Gasteiger partial charge in [-0.15, -0.1) is 9.79 Å². The molecule has 0 bridgehead atoms. The molecule has 2 unspecified atom stereocenters. The lowest BCUT2D eigenvalue weighted by molar-refractivity contribution is -0.0192. The minimum atomic E-state index is -3.12. The zero-order valence-corrected chi connectivity index (χ0v) is 10.5. The van der Waals surface area contributed by atoms with Crippen LogP contribution in [0.1, 0.15) is 10.5 Å². The molecule has 0 aliphatic heterocycles. The highest BCUT2D eigenvalue weighted by molar-refractivity contribution is 7.32. The molecule has 11 heteroatoms. The number of nitrogens with zero attached hydrogens (tertiary/aromatic N) is 1. The maximum Gasteiger partial charge on any atom is 0.699 e. The Kier molecular flexibility index (Phi) is 5.87. The first-order valence-electron chi connectivity index (χ1n) is 4.36. The predicted molar refractivity (Wildman–Crippen MR) is 57.3 cm³/mol. The van der Waals surface area contributed by atoms with Crippen LogP contribution in [0, 0.1) is 0 Å². The van der Waals surface area contributed by atoms with Gasteiger partial charge in [-0.3, -0.25) is 15.1 Å². The minimum absolute atomic E-state index is 0.0176. The van der Waals surface area contributed by atoms with Gasteiger partial charge in [0.05, 0.1) is 0 Å². The van der Waals surface area contributed by atoms with Crippen molar-refractivity contribution in [3.63, 3.8) is 0 Å². The summed E-state index contributed by atoms with van der Waals surface area (Å²) >= 11 is 0. The van der Waals surface area contributed by atoms with Crippen molar-refractivity contribution in [1.29, 1.82) is 0 Å². The third kappa shape index (κ3) is 5.33. The standard InChI is InChI=1S/C7H6N2O7P2/c10-6(5-3-1-2-4-8-5)9-7(15-17(11)12)16-18(13)14/h1-4,7H,(H-2,9,10,11,12,13,14)/p+2. The van der Waals surface area contributed by atoms with E-state index in [2.05, 4.69) is 14.0 Å². The third-order valence-corrected chi connectivity index (χ3v) is 2.26. The average Bonchev–Trinajstić information content (AvgIpc) is 2.28. The molecule has 0 aliphatic rings. The van der Waals surface area contributed by atoms with E-state index in [0.29, 0.717) is 0 Å². The van der Waals surface area contributed by atoms with Crippen molar-refractivity contribution >= 4 is 22.4 Å². The zero-order chi connectivity index (χ0) is 13.5. The van der Waals surface area contributed by atoms with E-state index in [9.17, 15) is 13.9 Å². The van der Waals surface area contributed by atoms with E-state index < -0.39 is 28.8 Å². The molecule has 0 radical (unpaired) electrons. The number of amides is 1. The monoisotopic (exact) mass is 294 g/mol. The number of nitrogens with one attached hydrogen (secondary N) is 1.